The number of aromatic nitrogens is 4. The fraction of sp³-hybridized carbons (Fsp3) is 0.227. The molecule has 0 saturated carbocycles. The predicted molar refractivity (Wildman–Crippen MR) is 118 cm³/mol. The number of hydrogen-bond donors (Lipinski definition) is 3. The van der Waals surface area contributed by atoms with Crippen molar-refractivity contribution in [1.29, 1.82) is 0 Å². The minimum atomic E-state index is -0.926. The summed E-state index contributed by atoms with van der Waals surface area (Å²) in [6.45, 7) is 1.93. The summed E-state index contributed by atoms with van der Waals surface area (Å²) in [5.41, 5.74) is 9.07. The van der Waals surface area contributed by atoms with Gasteiger partial charge in [-0.2, -0.15) is 0 Å². The fourth-order valence-electron chi connectivity index (χ4n) is 3.91. The normalized spacial score (nSPS) is 21.4. The molecule has 3 heterocycles. The van der Waals surface area contributed by atoms with Crippen LogP contribution in [0.25, 0.3) is 21.9 Å². The van der Waals surface area contributed by atoms with Gasteiger partial charge < -0.3 is 20.5 Å². The maximum atomic E-state index is 10.7. The number of nitrogen functional groups attached to an aromatic ring is 1. The molecule has 152 valence electrons. The van der Waals surface area contributed by atoms with Crippen LogP contribution in [0, 0.1) is 6.92 Å². The van der Waals surface area contributed by atoms with Gasteiger partial charge in [0.1, 0.15) is 30.0 Å². The van der Waals surface area contributed by atoms with Crippen molar-refractivity contribution < 1.29 is 10.2 Å². The quantitative estimate of drug-likeness (QED) is 0.345. The highest BCUT2D eigenvalue weighted by molar-refractivity contribution is 7.99. The molecule has 3 atom stereocenters. The third-order valence-electron chi connectivity index (χ3n) is 5.56. The summed E-state index contributed by atoms with van der Waals surface area (Å²) in [5, 5.41) is 23.3. The Balaban J connectivity index is 1.40. The predicted octanol–water partition coefficient (Wildman–Crippen LogP) is 2.87. The van der Waals surface area contributed by atoms with E-state index in [1.807, 2.05) is 54.1 Å². The molecular weight excluding hydrogens is 398 g/mol. The molecule has 1 aliphatic carbocycles. The second-order valence-corrected chi connectivity index (χ2v) is 8.52. The number of thioether (sulfide) groups is 1. The average Bonchev–Trinajstić information content (AvgIpc) is 3.29. The highest BCUT2D eigenvalue weighted by atomic mass is 32.2. The third kappa shape index (κ3) is 3.23. The summed E-state index contributed by atoms with van der Waals surface area (Å²) in [6, 6.07) is 11.3. The molecule has 0 saturated heterocycles. The molecule has 1 aromatic carbocycles. The highest BCUT2D eigenvalue weighted by Crippen LogP contribution is 2.35. The first kappa shape index (κ1) is 19.0. The van der Waals surface area contributed by atoms with Crippen molar-refractivity contribution in [2.24, 2.45) is 0 Å². The standard InChI is InChI=1S/C22H21N5O2S/c1-12-16-6-7-27(22(16)25-11-24-12)18-8-14(20(28)21(18)29)10-30-15-4-2-13-3-5-19(23)26-17(13)9-15/h2-9,11,18,20-21,28-29H,10H2,1H3,(H2,23,26)/t18-,20-,21+/m1/s1. The van der Waals surface area contributed by atoms with Crippen molar-refractivity contribution in [2.45, 2.75) is 30.1 Å². The zero-order chi connectivity index (χ0) is 20.8. The van der Waals surface area contributed by atoms with Gasteiger partial charge in [-0.05, 0) is 42.8 Å². The number of hydrogen-bond acceptors (Lipinski definition) is 7. The van der Waals surface area contributed by atoms with Crippen molar-refractivity contribution in [3.8, 4) is 0 Å². The zero-order valence-electron chi connectivity index (χ0n) is 16.3. The lowest BCUT2D eigenvalue weighted by atomic mass is 10.1. The van der Waals surface area contributed by atoms with Gasteiger partial charge in [0.2, 0.25) is 0 Å². The fourth-order valence-corrected chi connectivity index (χ4v) is 4.87. The van der Waals surface area contributed by atoms with E-state index < -0.39 is 12.2 Å². The van der Waals surface area contributed by atoms with E-state index in [-0.39, 0.29) is 6.04 Å². The van der Waals surface area contributed by atoms with Crippen LogP contribution in [-0.2, 0) is 0 Å². The van der Waals surface area contributed by atoms with Gasteiger partial charge in [0.25, 0.3) is 0 Å². The van der Waals surface area contributed by atoms with E-state index in [1.54, 1.807) is 17.8 Å². The second-order valence-electron chi connectivity index (χ2n) is 7.47. The minimum Gasteiger partial charge on any atom is -0.388 e. The largest absolute Gasteiger partial charge is 0.388 e. The van der Waals surface area contributed by atoms with E-state index in [9.17, 15) is 10.2 Å². The molecule has 0 unspecified atom stereocenters. The van der Waals surface area contributed by atoms with E-state index in [0.29, 0.717) is 11.6 Å². The first-order valence-corrected chi connectivity index (χ1v) is 10.6. The van der Waals surface area contributed by atoms with Crippen molar-refractivity contribution in [3.05, 3.63) is 66.3 Å². The molecule has 0 amide bonds. The summed E-state index contributed by atoms with van der Waals surface area (Å²) in [6.07, 6.45) is 3.50. The van der Waals surface area contributed by atoms with Gasteiger partial charge in [-0.3, -0.25) is 0 Å². The lowest BCUT2D eigenvalue weighted by molar-refractivity contribution is 0.0332. The number of nitrogens with two attached hydrogens (primary N) is 1. The van der Waals surface area contributed by atoms with Crippen LogP contribution in [0.3, 0.4) is 0 Å². The van der Waals surface area contributed by atoms with Crippen molar-refractivity contribution in [1.82, 2.24) is 19.5 Å². The first-order valence-electron chi connectivity index (χ1n) is 9.65. The number of rotatable bonds is 4. The Hall–Kier alpha value is -2.94. The topological polar surface area (TPSA) is 110 Å². The van der Waals surface area contributed by atoms with Crippen molar-refractivity contribution in [3.63, 3.8) is 0 Å². The maximum Gasteiger partial charge on any atom is 0.144 e. The van der Waals surface area contributed by atoms with Crippen LogP contribution in [0.5, 0.6) is 0 Å². The molecule has 30 heavy (non-hydrogen) atoms. The number of nitrogens with zero attached hydrogens (tertiary/aromatic N) is 4. The molecule has 0 aliphatic heterocycles. The third-order valence-corrected chi connectivity index (χ3v) is 6.62. The molecule has 4 N–H and O–H groups in total. The monoisotopic (exact) mass is 419 g/mol. The molecule has 7 nitrogen and oxygen atoms in total. The van der Waals surface area contributed by atoms with Crippen LogP contribution in [0.2, 0.25) is 0 Å². The summed E-state index contributed by atoms with van der Waals surface area (Å²) < 4.78 is 1.90. The molecule has 4 aromatic rings. The lowest BCUT2D eigenvalue weighted by Crippen LogP contribution is -2.29. The Kier molecular flexibility index (Phi) is 4.69. The number of aliphatic hydroxyl groups is 2. The van der Waals surface area contributed by atoms with Gasteiger partial charge in [0.05, 0.1) is 17.3 Å². The van der Waals surface area contributed by atoms with Gasteiger partial charge in [0.15, 0.2) is 0 Å². The first-order chi connectivity index (χ1) is 14.5. The van der Waals surface area contributed by atoms with Gasteiger partial charge in [-0.15, -0.1) is 11.8 Å². The molecule has 8 heteroatoms. The highest BCUT2D eigenvalue weighted by Gasteiger charge is 2.36. The summed E-state index contributed by atoms with van der Waals surface area (Å²) in [5.74, 6) is 1.05. The summed E-state index contributed by atoms with van der Waals surface area (Å²) in [7, 11) is 0. The van der Waals surface area contributed by atoms with Crippen LogP contribution in [0.4, 0.5) is 5.82 Å². The maximum absolute atomic E-state index is 10.7. The Bertz CT molecular complexity index is 1290. The smallest absolute Gasteiger partial charge is 0.144 e. The molecule has 0 fully saturated rings. The SMILES string of the molecule is Cc1ncnc2c1ccn2[C@@H]1C=C(CSc2ccc3ccc(N)nc3c2)[C@@H](O)[C@H]1O. The van der Waals surface area contributed by atoms with Crippen molar-refractivity contribution in [2.75, 3.05) is 11.5 Å². The number of benzene rings is 1. The average molecular weight is 420 g/mol. The Morgan fingerprint density at radius 1 is 1.13 bits per heavy atom. The van der Waals surface area contributed by atoms with Gasteiger partial charge >= 0.3 is 0 Å². The molecule has 3 aromatic heterocycles. The van der Waals surface area contributed by atoms with E-state index in [2.05, 4.69) is 15.0 Å². The Labute approximate surface area is 177 Å². The van der Waals surface area contributed by atoms with Gasteiger partial charge in [-0.1, -0.05) is 12.1 Å². The molecule has 5 rings (SSSR count). The van der Waals surface area contributed by atoms with E-state index in [1.165, 1.54) is 6.33 Å². The zero-order valence-corrected chi connectivity index (χ0v) is 17.1. The molecule has 0 bridgehead atoms. The molecular formula is C22H21N5O2S. The van der Waals surface area contributed by atoms with Crippen LogP contribution in [0.15, 0.2) is 65.5 Å². The number of pyridine rings is 1. The molecule has 0 spiro atoms. The van der Waals surface area contributed by atoms with Gasteiger partial charge in [0, 0.05) is 27.6 Å². The van der Waals surface area contributed by atoms with E-state index in [0.717, 1.165) is 38.1 Å². The van der Waals surface area contributed by atoms with Crippen molar-refractivity contribution >= 4 is 39.5 Å². The Morgan fingerprint density at radius 2 is 1.97 bits per heavy atom. The van der Waals surface area contributed by atoms with Crippen LogP contribution >= 0.6 is 11.8 Å². The second kappa shape index (κ2) is 7.39. The van der Waals surface area contributed by atoms with Crippen LogP contribution in [-0.4, -0.2) is 47.7 Å². The number of aryl methyl sites for hydroxylation is 1. The van der Waals surface area contributed by atoms with Crippen LogP contribution in [0.1, 0.15) is 11.7 Å². The molecule has 1 aliphatic rings. The van der Waals surface area contributed by atoms with E-state index in [4.69, 9.17) is 5.73 Å². The number of anilines is 1. The summed E-state index contributed by atoms with van der Waals surface area (Å²) >= 11 is 1.59. The molecule has 0 radical (unpaired) electrons. The lowest BCUT2D eigenvalue weighted by Gasteiger charge is -2.19. The summed E-state index contributed by atoms with van der Waals surface area (Å²) in [4.78, 5) is 14.0. The van der Waals surface area contributed by atoms with E-state index >= 15 is 0 Å². The number of fused-ring (bicyclic) bond motifs is 2. The minimum absolute atomic E-state index is 0.375. The Morgan fingerprint density at radius 3 is 2.83 bits per heavy atom. The van der Waals surface area contributed by atoms with Crippen LogP contribution < -0.4 is 5.73 Å². The van der Waals surface area contributed by atoms with Gasteiger partial charge in [-0.25, -0.2) is 15.0 Å². The number of aliphatic hydroxyl groups excluding tert-OH is 2.